The topological polar surface area (TPSA) is 41.6 Å². The minimum atomic E-state index is -0.0977. The van der Waals surface area contributed by atoms with Crippen LogP contribution in [0.4, 0.5) is 0 Å². The minimum Gasteiger partial charge on any atom is -0.309 e. The highest BCUT2D eigenvalue weighted by atomic mass is 15.0. The minimum absolute atomic E-state index is 0.0977. The van der Waals surface area contributed by atoms with Gasteiger partial charge in [0.25, 0.3) is 0 Å². The van der Waals surface area contributed by atoms with Gasteiger partial charge < -0.3 is 4.57 Å². The van der Waals surface area contributed by atoms with E-state index in [1.54, 1.807) is 12.3 Å². The third-order valence-corrected chi connectivity index (χ3v) is 8.84. The lowest BCUT2D eigenvalue weighted by Crippen LogP contribution is -2.15. The van der Waals surface area contributed by atoms with Crippen molar-refractivity contribution in [1.82, 2.24) is 9.55 Å². The van der Waals surface area contributed by atoms with E-state index >= 15 is 0 Å². The average molecular weight is 538 g/mol. The van der Waals surface area contributed by atoms with E-state index in [4.69, 9.17) is 0 Å². The second kappa shape index (κ2) is 9.03. The Kier molecular flexibility index (Phi) is 5.23. The number of nitrogens with zero attached hydrogens (tertiary/aromatic N) is 3. The molecule has 8 rings (SSSR count). The molecule has 1 aliphatic carbocycles. The molecule has 0 saturated carbocycles. The molecule has 7 aromatic rings. The molecule has 0 fully saturated rings. The van der Waals surface area contributed by atoms with Crippen LogP contribution in [0.3, 0.4) is 0 Å². The molecule has 0 bridgehead atoms. The number of para-hydroxylation sites is 1. The van der Waals surface area contributed by atoms with Gasteiger partial charge in [-0.2, -0.15) is 5.26 Å². The number of fused-ring (bicyclic) bond motifs is 7. The molecule has 2 aromatic heterocycles. The first kappa shape index (κ1) is 24.3. The second-order valence-corrected chi connectivity index (χ2v) is 11.6. The summed E-state index contributed by atoms with van der Waals surface area (Å²) in [5, 5.41) is 12.0. The van der Waals surface area contributed by atoms with E-state index in [0.29, 0.717) is 5.56 Å². The van der Waals surface area contributed by atoms with Gasteiger partial charge in [-0.05, 0) is 75.8 Å². The number of rotatable bonds is 3. The summed E-state index contributed by atoms with van der Waals surface area (Å²) in [7, 11) is 0. The maximum Gasteiger partial charge on any atom is 0.0992 e. The molecular formula is C39H27N3. The van der Waals surface area contributed by atoms with Crippen LogP contribution in [0.25, 0.3) is 61.0 Å². The largest absolute Gasteiger partial charge is 0.309 e. The van der Waals surface area contributed by atoms with Crippen molar-refractivity contribution >= 4 is 21.8 Å². The number of nitriles is 1. The van der Waals surface area contributed by atoms with Crippen LogP contribution in [-0.2, 0) is 5.41 Å². The molecule has 1 aliphatic rings. The number of benzene rings is 5. The Morgan fingerprint density at radius 2 is 1.43 bits per heavy atom. The Balaban J connectivity index is 1.33. The number of pyridine rings is 1. The van der Waals surface area contributed by atoms with Gasteiger partial charge >= 0.3 is 0 Å². The summed E-state index contributed by atoms with van der Waals surface area (Å²) < 4.78 is 2.41. The molecule has 2 heterocycles. The quantitative estimate of drug-likeness (QED) is 0.225. The van der Waals surface area contributed by atoms with Crippen LogP contribution in [0.15, 0.2) is 128 Å². The molecule has 0 N–H and O–H groups in total. The van der Waals surface area contributed by atoms with Crippen LogP contribution in [0.2, 0.25) is 0 Å². The molecule has 0 aliphatic heterocycles. The van der Waals surface area contributed by atoms with Crippen molar-refractivity contribution in [2.24, 2.45) is 0 Å². The molecule has 0 radical (unpaired) electrons. The monoisotopic (exact) mass is 537 g/mol. The van der Waals surface area contributed by atoms with Crippen molar-refractivity contribution in [2.45, 2.75) is 19.3 Å². The first-order valence-corrected chi connectivity index (χ1v) is 14.3. The summed E-state index contributed by atoms with van der Waals surface area (Å²) in [6.07, 6.45) is 1.69. The highest BCUT2D eigenvalue weighted by molar-refractivity contribution is 6.14. The number of hydrogen-bond acceptors (Lipinski definition) is 2. The van der Waals surface area contributed by atoms with E-state index in [1.165, 1.54) is 44.1 Å². The van der Waals surface area contributed by atoms with E-state index < -0.39 is 0 Å². The molecule has 5 aromatic carbocycles. The first-order valence-electron chi connectivity index (χ1n) is 14.3. The predicted molar refractivity (Wildman–Crippen MR) is 172 cm³/mol. The molecule has 42 heavy (non-hydrogen) atoms. The molecule has 0 amide bonds. The molecule has 198 valence electrons. The Labute approximate surface area is 245 Å². The van der Waals surface area contributed by atoms with Gasteiger partial charge in [-0.25, -0.2) is 0 Å². The summed E-state index contributed by atoms with van der Waals surface area (Å²) in [4.78, 5) is 4.52. The van der Waals surface area contributed by atoms with Crippen molar-refractivity contribution < 1.29 is 0 Å². The van der Waals surface area contributed by atoms with Crippen LogP contribution in [0.5, 0.6) is 0 Å². The van der Waals surface area contributed by atoms with E-state index in [-0.39, 0.29) is 5.41 Å². The van der Waals surface area contributed by atoms with Crippen LogP contribution in [0.1, 0.15) is 30.5 Å². The van der Waals surface area contributed by atoms with E-state index in [0.717, 1.165) is 28.1 Å². The maximum absolute atomic E-state index is 9.36. The van der Waals surface area contributed by atoms with Crippen LogP contribution in [-0.4, -0.2) is 9.55 Å². The molecule has 0 saturated heterocycles. The van der Waals surface area contributed by atoms with Gasteiger partial charge in [0.05, 0.1) is 28.4 Å². The Morgan fingerprint density at radius 3 is 2.31 bits per heavy atom. The highest BCUT2D eigenvalue weighted by Crippen LogP contribution is 2.53. The lowest BCUT2D eigenvalue weighted by molar-refractivity contribution is 0.666. The molecular weight excluding hydrogens is 510 g/mol. The zero-order valence-electron chi connectivity index (χ0n) is 23.5. The Hall–Kier alpha value is -5.46. The summed E-state index contributed by atoms with van der Waals surface area (Å²) in [6, 6.07) is 45.2. The van der Waals surface area contributed by atoms with Gasteiger partial charge in [-0.3, -0.25) is 4.98 Å². The van der Waals surface area contributed by atoms with Crippen molar-refractivity contribution in [1.29, 1.82) is 5.26 Å². The van der Waals surface area contributed by atoms with Crippen LogP contribution < -0.4 is 0 Å². The summed E-state index contributed by atoms with van der Waals surface area (Å²) in [6.45, 7) is 4.72. The van der Waals surface area contributed by atoms with Gasteiger partial charge in [0.15, 0.2) is 0 Å². The Bertz CT molecular complexity index is 2240. The van der Waals surface area contributed by atoms with Crippen molar-refractivity contribution in [2.75, 3.05) is 0 Å². The van der Waals surface area contributed by atoms with E-state index in [9.17, 15) is 5.26 Å². The fraction of sp³-hybridized carbons (Fsp3) is 0.0769. The summed E-state index contributed by atoms with van der Waals surface area (Å²) >= 11 is 0. The number of hydrogen-bond donors (Lipinski definition) is 0. The van der Waals surface area contributed by atoms with Gasteiger partial charge in [-0.1, -0.05) is 92.7 Å². The third-order valence-electron chi connectivity index (χ3n) is 8.84. The average Bonchev–Trinajstić information content (AvgIpc) is 3.50. The molecule has 3 nitrogen and oxygen atoms in total. The fourth-order valence-electron chi connectivity index (χ4n) is 6.95. The van der Waals surface area contributed by atoms with Gasteiger partial charge in [0.2, 0.25) is 0 Å². The summed E-state index contributed by atoms with van der Waals surface area (Å²) in [5.41, 5.74) is 13.6. The van der Waals surface area contributed by atoms with Gasteiger partial charge in [0, 0.05) is 33.6 Å². The molecule has 0 spiro atoms. The second-order valence-electron chi connectivity index (χ2n) is 11.6. The Morgan fingerprint density at radius 1 is 0.667 bits per heavy atom. The number of aromatic nitrogens is 2. The fourth-order valence-corrected chi connectivity index (χ4v) is 6.95. The molecule has 3 heteroatoms. The van der Waals surface area contributed by atoms with Crippen molar-refractivity contribution in [3.8, 4) is 45.3 Å². The van der Waals surface area contributed by atoms with Gasteiger partial charge in [0.1, 0.15) is 0 Å². The molecule has 0 atom stereocenters. The predicted octanol–water partition coefficient (Wildman–Crippen LogP) is 9.69. The lowest BCUT2D eigenvalue weighted by atomic mass is 9.80. The van der Waals surface area contributed by atoms with Crippen molar-refractivity contribution in [3.63, 3.8) is 0 Å². The van der Waals surface area contributed by atoms with Crippen molar-refractivity contribution in [3.05, 3.63) is 144 Å². The van der Waals surface area contributed by atoms with E-state index in [1.807, 2.05) is 12.1 Å². The first-order chi connectivity index (χ1) is 20.5. The normalized spacial score (nSPS) is 13.2. The van der Waals surface area contributed by atoms with Gasteiger partial charge in [-0.15, -0.1) is 0 Å². The lowest BCUT2D eigenvalue weighted by Gasteiger charge is -2.22. The molecule has 0 unspecified atom stereocenters. The zero-order chi connectivity index (χ0) is 28.4. The zero-order valence-corrected chi connectivity index (χ0v) is 23.5. The van der Waals surface area contributed by atoms with Crippen LogP contribution >= 0.6 is 0 Å². The third kappa shape index (κ3) is 3.49. The maximum atomic E-state index is 9.36. The SMILES string of the molecule is CC1(C)c2ccccc2-c2ccc3c(c21)c1ccccc1n3-c1cccc(-c2cccc(-c3cc(C#N)ccn3)c2)c1. The van der Waals surface area contributed by atoms with Crippen LogP contribution in [0, 0.1) is 11.3 Å². The summed E-state index contributed by atoms with van der Waals surface area (Å²) in [5.74, 6) is 0. The smallest absolute Gasteiger partial charge is 0.0992 e. The highest BCUT2D eigenvalue weighted by Gasteiger charge is 2.37. The van der Waals surface area contributed by atoms with E-state index in [2.05, 4.69) is 133 Å². The standard InChI is InChI=1S/C39H27N3/c1-39(2)33-15-5-3-13-30(33)31-17-18-36-37(38(31)39)32-14-4-6-16-35(32)42(36)29-12-8-10-27(23-29)26-9-7-11-28(22-26)34-21-25(24-40)19-20-41-34/h3-23H,1-2H3.